The number of rotatable bonds is 8. The van der Waals surface area contributed by atoms with Gasteiger partial charge in [-0.15, -0.1) is 0 Å². The molecule has 32 heavy (non-hydrogen) atoms. The van der Waals surface area contributed by atoms with E-state index in [2.05, 4.69) is 40.1 Å². The van der Waals surface area contributed by atoms with Crippen LogP contribution in [0.3, 0.4) is 0 Å². The maximum atomic E-state index is 12.9. The van der Waals surface area contributed by atoms with Crippen LogP contribution in [0.4, 0.5) is 5.69 Å². The molecule has 0 spiro atoms. The molecular formula is C26H33ClN4O. The van der Waals surface area contributed by atoms with Crippen LogP contribution in [0.2, 0.25) is 5.02 Å². The molecule has 0 atom stereocenters. The molecule has 0 amide bonds. The summed E-state index contributed by atoms with van der Waals surface area (Å²) >= 11 is 6.14. The van der Waals surface area contributed by atoms with Crippen LogP contribution in [0.15, 0.2) is 47.3 Å². The molecule has 5 nitrogen and oxygen atoms in total. The zero-order chi connectivity index (χ0) is 21.9. The average Bonchev–Trinajstić information content (AvgIpc) is 3.10. The molecule has 6 heteroatoms. The van der Waals surface area contributed by atoms with Gasteiger partial charge in [0, 0.05) is 50.0 Å². The Morgan fingerprint density at radius 3 is 2.44 bits per heavy atom. The fourth-order valence-corrected chi connectivity index (χ4v) is 5.55. The summed E-state index contributed by atoms with van der Waals surface area (Å²) in [5, 5.41) is 0.810. The van der Waals surface area contributed by atoms with Crippen LogP contribution in [0, 0.1) is 0 Å². The monoisotopic (exact) mass is 452 g/mol. The highest BCUT2D eigenvalue weighted by molar-refractivity contribution is 6.30. The van der Waals surface area contributed by atoms with Crippen LogP contribution >= 0.6 is 11.6 Å². The van der Waals surface area contributed by atoms with Gasteiger partial charge < -0.3 is 4.90 Å². The minimum absolute atomic E-state index is 0.185. The molecular weight excluding hydrogens is 420 g/mol. The van der Waals surface area contributed by atoms with Crippen molar-refractivity contribution in [3.8, 4) is 0 Å². The van der Waals surface area contributed by atoms with Crippen molar-refractivity contribution in [3.63, 3.8) is 0 Å². The normalized spacial score (nSPS) is 16.7. The first-order valence-electron chi connectivity index (χ1n) is 12.1. The summed E-state index contributed by atoms with van der Waals surface area (Å²) in [4.78, 5) is 17.9. The molecule has 3 aromatic rings. The molecule has 2 aliphatic heterocycles. The summed E-state index contributed by atoms with van der Waals surface area (Å²) in [7, 11) is 0. The molecule has 0 radical (unpaired) electrons. The maximum Gasteiger partial charge on any atom is 0.329 e. The van der Waals surface area contributed by atoms with E-state index in [1.165, 1.54) is 42.6 Å². The number of piperazine rings is 1. The van der Waals surface area contributed by atoms with Crippen molar-refractivity contribution in [1.82, 2.24) is 14.0 Å². The third kappa shape index (κ3) is 4.46. The van der Waals surface area contributed by atoms with Crippen LogP contribution in [0.1, 0.15) is 37.7 Å². The molecule has 1 aromatic heterocycles. The van der Waals surface area contributed by atoms with Crippen molar-refractivity contribution in [3.05, 3.63) is 63.5 Å². The van der Waals surface area contributed by atoms with Gasteiger partial charge >= 0.3 is 5.69 Å². The standard InChI is InChI=1S/C26H33ClN4O/c27-22-10-6-11-23(20-22)29-18-16-28(17-19-29)13-3-1-2-4-14-30-24-12-5-8-21-9-7-15-31(25(21)24)26(30)32/h5-6,8,10-12,20H,1-4,7,9,13-19H2. The van der Waals surface area contributed by atoms with Crippen molar-refractivity contribution in [2.24, 2.45) is 0 Å². The first-order chi connectivity index (χ1) is 15.7. The van der Waals surface area contributed by atoms with Gasteiger partial charge in [-0.25, -0.2) is 4.79 Å². The highest BCUT2D eigenvalue weighted by atomic mass is 35.5. The first-order valence-corrected chi connectivity index (χ1v) is 12.5. The van der Waals surface area contributed by atoms with Gasteiger partial charge in [0.1, 0.15) is 0 Å². The van der Waals surface area contributed by atoms with Gasteiger partial charge in [0.25, 0.3) is 0 Å². The van der Waals surface area contributed by atoms with Gasteiger partial charge in [-0.1, -0.05) is 42.6 Å². The molecule has 170 valence electrons. The lowest BCUT2D eigenvalue weighted by molar-refractivity contribution is 0.252. The van der Waals surface area contributed by atoms with E-state index in [1.54, 1.807) is 0 Å². The number of para-hydroxylation sites is 1. The Hall–Kier alpha value is -2.24. The number of hydrogen-bond donors (Lipinski definition) is 0. The second-order valence-electron chi connectivity index (χ2n) is 9.20. The van der Waals surface area contributed by atoms with Crippen LogP contribution in [0.25, 0.3) is 11.0 Å². The highest BCUT2D eigenvalue weighted by Crippen LogP contribution is 2.24. The van der Waals surface area contributed by atoms with Crippen molar-refractivity contribution in [2.45, 2.75) is 51.6 Å². The van der Waals surface area contributed by atoms with Crippen molar-refractivity contribution < 1.29 is 0 Å². The SMILES string of the molecule is O=c1n(CCCCCCN2CCN(c3cccc(Cl)c3)CC2)c2cccc3c2n1CCC3. The van der Waals surface area contributed by atoms with Crippen molar-refractivity contribution in [2.75, 3.05) is 37.6 Å². The van der Waals surface area contributed by atoms with E-state index in [9.17, 15) is 4.79 Å². The molecule has 5 rings (SSSR count). The molecule has 0 unspecified atom stereocenters. The molecule has 1 fully saturated rings. The van der Waals surface area contributed by atoms with Gasteiger partial charge in [-0.3, -0.25) is 14.0 Å². The summed E-state index contributed by atoms with van der Waals surface area (Å²) < 4.78 is 4.01. The van der Waals surface area contributed by atoms with Crippen LogP contribution in [-0.4, -0.2) is 46.8 Å². The second-order valence-corrected chi connectivity index (χ2v) is 9.63. The van der Waals surface area contributed by atoms with Crippen molar-refractivity contribution in [1.29, 1.82) is 0 Å². The predicted molar refractivity (Wildman–Crippen MR) is 133 cm³/mol. The van der Waals surface area contributed by atoms with E-state index in [4.69, 9.17) is 11.6 Å². The third-order valence-electron chi connectivity index (χ3n) is 7.10. The topological polar surface area (TPSA) is 33.4 Å². The highest BCUT2D eigenvalue weighted by Gasteiger charge is 2.19. The predicted octanol–water partition coefficient (Wildman–Crippen LogP) is 4.79. The number of aryl methyl sites for hydroxylation is 3. The Bertz CT molecular complexity index is 1130. The van der Waals surface area contributed by atoms with Crippen LogP contribution < -0.4 is 10.6 Å². The molecule has 3 heterocycles. The van der Waals surface area contributed by atoms with E-state index in [1.807, 2.05) is 21.3 Å². The largest absolute Gasteiger partial charge is 0.369 e. The Morgan fingerprint density at radius 1 is 0.844 bits per heavy atom. The van der Waals surface area contributed by atoms with Gasteiger partial charge in [-0.2, -0.15) is 0 Å². The number of hydrogen-bond acceptors (Lipinski definition) is 3. The van der Waals surface area contributed by atoms with Crippen LogP contribution in [-0.2, 0) is 19.5 Å². The zero-order valence-corrected chi connectivity index (χ0v) is 19.6. The molecule has 0 aliphatic carbocycles. The summed E-state index contributed by atoms with van der Waals surface area (Å²) in [6.45, 7) is 7.23. The Balaban J connectivity index is 1.05. The Labute approximate surface area is 195 Å². The summed E-state index contributed by atoms with van der Waals surface area (Å²) in [6.07, 6.45) is 6.88. The number of nitrogens with zero attached hydrogens (tertiary/aromatic N) is 4. The molecule has 2 aliphatic rings. The average molecular weight is 453 g/mol. The Kier molecular flexibility index (Phi) is 6.56. The first kappa shape index (κ1) is 21.6. The number of halogens is 1. The molecule has 0 N–H and O–H groups in total. The fraction of sp³-hybridized carbons (Fsp3) is 0.500. The van der Waals surface area contributed by atoms with E-state index in [0.717, 1.165) is 69.1 Å². The minimum atomic E-state index is 0.185. The third-order valence-corrected chi connectivity index (χ3v) is 7.34. The van der Waals surface area contributed by atoms with E-state index in [0.29, 0.717) is 0 Å². The quantitative estimate of drug-likeness (QED) is 0.461. The molecule has 0 saturated carbocycles. The van der Waals surface area contributed by atoms with E-state index >= 15 is 0 Å². The number of anilines is 1. The molecule has 0 bridgehead atoms. The van der Waals surface area contributed by atoms with Crippen LogP contribution in [0.5, 0.6) is 0 Å². The van der Waals surface area contributed by atoms with Gasteiger partial charge in [0.05, 0.1) is 11.0 Å². The van der Waals surface area contributed by atoms with Gasteiger partial charge in [0.15, 0.2) is 0 Å². The number of benzene rings is 2. The minimum Gasteiger partial charge on any atom is -0.369 e. The molecule has 1 saturated heterocycles. The Morgan fingerprint density at radius 2 is 1.62 bits per heavy atom. The number of unbranched alkanes of at least 4 members (excludes halogenated alkanes) is 3. The number of aromatic nitrogens is 2. The van der Waals surface area contributed by atoms with Gasteiger partial charge in [0.2, 0.25) is 0 Å². The van der Waals surface area contributed by atoms with E-state index in [-0.39, 0.29) is 5.69 Å². The van der Waals surface area contributed by atoms with Crippen molar-refractivity contribution >= 4 is 28.3 Å². The lowest BCUT2D eigenvalue weighted by Crippen LogP contribution is -2.46. The van der Waals surface area contributed by atoms with E-state index < -0.39 is 0 Å². The summed E-state index contributed by atoms with van der Waals surface area (Å²) in [6, 6.07) is 14.6. The molecule has 2 aromatic carbocycles. The summed E-state index contributed by atoms with van der Waals surface area (Å²) in [5.74, 6) is 0. The lowest BCUT2D eigenvalue weighted by atomic mass is 10.0. The maximum absolute atomic E-state index is 12.9. The smallest absolute Gasteiger partial charge is 0.329 e. The zero-order valence-electron chi connectivity index (χ0n) is 18.8. The summed E-state index contributed by atoms with van der Waals surface area (Å²) in [5.41, 5.74) is 5.06. The van der Waals surface area contributed by atoms with Gasteiger partial charge in [-0.05, 0) is 62.1 Å². The fourth-order valence-electron chi connectivity index (χ4n) is 5.37. The lowest BCUT2D eigenvalue weighted by Gasteiger charge is -2.36. The number of imidazole rings is 1. The second kappa shape index (κ2) is 9.72.